The van der Waals surface area contributed by atoms with Crippen molar-refractivity contribution in [1.29, 1.82) is 0 Å². The maximum absolute atomic E-state index is 11.9. The Morgan fingerprint density at radius 3 is 1.17 bits per heavy atom. The van der Waals surface area contributed by atoms with E-state index in [4.69, 9.17) is 24.7 Å². The molecule has 3 heterocycles. The van der Waals surface area contributed by atoms with E-state index in [0.717, 1.165) is 91.7 Å². The second-order valence-corrected chi connectivity index (χ2v) is 24.7. The Balaban J connectivity index is 0.000000328. The van der Waals surface area contributed by atoms with Crippen LogP contribution in [0.3, 0.4) is 0 Å². The first kappa shape index (κ1) is 83.9. The van der Waals surface area contributed by atoms with E-state index >= 15 is 0 Å². The van der Waals surface area contributed by atoms with E-state index in [0.29, 0.717) is 44.3 Å². The summed E-state index contributed by atoms with van der Waals surface area (Å²) in [7, 11) is 0. The van der Waals surface area contributed by atoms with Gasteiger partial charge in [0.25, 0.3) is 0 Å². The quantitative estimate of drug-likeness (QED) is 0.0125. The van der Waals surface area contributed by atoms with E-state index in [1.807, 2.05) is 81.4 Å². The normalized spacial score (nSPS) is 15.0. The standard InChI is InChI=1S/C23H36N2O3.C17H22O3.C16H20O4.C15H15NO5.C7H16N2/c1-3-22(19(2)26)11-12-23(27)28-18-21-9-7-20(8-10-21)17-24-13-16-25-14-5-4-6-15-25;1-4-14-6-8-15(9-7-14)12-20-17(19)11-10-16(5-2)13(3)18;1-3-15(12(2)18)8-9-16(19)20-11-14-6-4-13(10-17)5-7-14;1-2-10-3-5-11(6-4-10)9-20-13(17)8-7-12-14(18)21-15(19)16-12;8-4-7-9-5-2-1-3-6-9/h7-10,22,24H,3-6,11-18H2,1-2H3;4,6-9,16H,1,5,10-12H2,2-3H3;4-7,10,15H,3,8-9,11H2,1-2H3;2-6,12H,1,7-9H2,(H,16,19);1-8H2/t22-;16-;15-;12-;/m0000./s1. The highest BCUT2D eigenvalue weighted by Crippen LogP contribution is 2.18. The number of piperidine rings is 2. The van der Waals surface area contributed by atoms with Crippen LogP contribution in [0.15, 0.2) is 110 Å². The van der Waals surface area contributed by atoms with Gasteiger partial charge in [0.1, 0.15) is 56.1 Å². The van der Waals surface area contributed by atoms with Crippen LogP contribution in [0.2, 0.25) is 0 Å². The van der Waals surface area contributed by atoms with Gasteiger partial charge in [0.15, 0.2) is 0 Å². The van der Waals surface area contributed by atoms with Crippen LogP contribution in [0.5, 0.6) is 0 Å². The fourth-order valence-corrected chi connectivity index (χ4v) is 10.7. The summed E-state index contributed by atoms with van der Waals surface area (Å²) in [4.78, 5) is 118. The van der Waals surface area contributed by atoms with Gasteiger partial charge in [0, 0.05) is 81.7 Å². The molecule has 1 amide bonds. The van der Waals surface area contributed by atoms with Crippen molar-refractivity contribution in [1.82, 2.24) is 20.4 Å². The predicted molar refractivity (Wildman–Crippen MR) is 381 cm³/mol. The minimum absolute atomic E-state index is 0.0325. The molecule has 4 aromatic carbocycles. The summed E-state index contributed by atoms with van der Waals surface area (Å²) in [5.41, 5.74) is 12.9. The molecule has 4 atom stereocenters. The molecule has 4 N–H and O–H groups in total. The summed E-state index contributed by atoms with van der Waals surface area (Å²) in [6.45, 7) is 28.8. The van der Waals surface area contributed by atoms with E-state index in [-0.39, 0.29) is 92.1 Å². The van der Waals surface area contributed by atoms with Crippen molar-refractivity contribution in [2.24, 2.45) is 23.5 Å². The van der Waals surface area contributed by atoms with Gasteiger partial charge in [-0.05, 0) is 157 Å². The summed E-state index contributed by atoms with van der Waals surface area (Å²) in [6.07, 6.45) is 16.7. The topological polar surface area (TPSA) is 273 Å². The van der Waals surface area contributed by atoms with Crippen molar-refractivity contribution in [3.63, 3.8) is 0 Å². The van der Waals surface area contributed by atoms with E-state index in [1.54, 1.807) is 57.2 Å². The number of rotatable bonds is 36. The third-order valence-electron chi connectivity index (χ3n) is 17.1. The Bertz CT molecular complexity index is 2960. The zero-order chi connectivity index (χ0) is 71.9. The number of nitrogens with zero attached hydrogens (tertiary/aromatic N) is 2. The highest BCUT2D eigenvalue weighted by molar-refractivity contribution is 5.95. The van der Waals surface area contributed by atoms with Gasteiger partial charge in [-0.1, -0.05) is 156 Å². The zero-order valence-electron chi connectivity index (χ0n) is 59.0. The number of Topliss-reactive ketones (excluding diaryl/α,β-unsaturated/α-hetero) is 3. The number of alkyl carbamates (subject to hydrolysis) is 1. The molecule has 7 rings (SSSR count). The van der Waals surface area contributed by atoms with Crippen molar-refractivity contribution in [2.45, 2.75) is 190 Å². The zero-order valence-corrected chi connectivity index (χ0v) is 59.0. The lowest BCUT2D eigenvalue weighted by atomic mass is 9.96. The largest absolute Gasteiger partial charge is 0.461 e. The Labute approximate surface area is 581 Å². The minimum atomic E-state index is -0.777. The van der Waals surface area contributed by atoms with E-state index in [9.17, 15) is 47.9 Å². The van der Waals surface area contributed by atoms with Crippen LogP contribution in [0.1, 0.15) is 200 Å². The lowest BCUT2D eigenvalue weighted by Gasteiger charge is -2.26. The highest BCUT2D eigenvalue weighted by Gasteiger charge is 2.32. The molecule has 0 bridgehead atoms. The first-order valence-corrected chi connectivity index (χ1v) is 34.8. The van der Waals surface area contributed by atoms with Crippen LogP contribution in [-0.4, -0.2) is 128 Å². The molecule has 98 heavy (non-hydrogen) atoms. The maximum Gasteiger partial charge on any atom is 0.415 e. The van der Waals surface area contributed by atoms with Gasteiger partial charge in [0.2, 0.25) is 0 Å². The molecular formula is C78H109N5O15. The van der Waals surface area contributed by atoms with Gasteiger partial charge >= 0.3 is 35.9 Å². The average Bonchev–Trinajstić information content (AvgIpc) is 1.77. The minimum Gasteiger partial charge on any atom is -0.461 e. The van der Waals surface area contributed by atoms with Gasteiger partial charge in [-0.15, -0.1) is 0 Å². The lowest BCUT2D eigenvalue weighted by Crippen LogP contribution is -2.35. The molecular weight excluding hydrogens is 1250 g/mol. The molecule has 3 aliphatic rings. The summed E-state index contributed by atoms with van der Waals surface area (Å²) < 4.78 is 25.1. The second-order valence-electron chi connectivity index (χ2n) is 24.7. The van der Waals surface area contributed by atoms with Gasteiger partial charge < -0.3 is 49.9 Å². The number of aldehydes is 1. The van der Waals surface area contributed by atoms with E-state index in [2.05, 4.69) is 50.5 Å². The lowest BCUT2D eigenvalue weighted by molar-refractivity contribution is -0.146. The number of hydrogen-bond acceptors (Lipinski definition) is 19. The fraction of sp³-hybridized carbons (Fsp3) is 0.513. The Hall–Kier alpha value is -8.30. The summed E-state index contributed by atoms with van der Waals surface area (Å²) in [5.74, 6) is -1.60. The molecule has 3 aliphatic heterocycles. The second kappa shape index (κ2) is 50.1. The predicted octanol–water partition coefficient (Wildman–Crippen LogP) is 12.6. The summed E-state index contributed by atoms with van der Waals surface area (Å²) in [6, 6.07) is 29.4. The third kappa shape index (κ3) is 36.9. The molecule has 3 saturated heterocycles. The number of benzene rings is 4. The number of carbonyl (C=O) groups excluding carboxylic acids is 10. The van der Waals surface area contributed by atoms with Crippen LogP contribution in [-0.2, 0) is 95.0 Å². The number of nitrogens with one attached hydrogen (secondary N) is 2. The number of carbonyl (C=O) groups is 10. The summed E-state index contributed by atoms with van der Waals surface area (Å²) in [5, 5.41) is 5.82. The van der Waals surface area contributed by atoms with E-state index < -0.39 is 24.1 Å². The number of amides is 1. The van der Waals surface area contributed by atoms with E-state index in [1.165, 1.54) is 70.3 Å². The molecule has 0 aliphatic carbocycles. The molecule has 0 aromatic heterocycles. The number of cyclic esters (lactones) is 2. The van der Waals surface area contributed by atoms with Gasteiger partial charge in [-0.25, -0.2) is 9.59 Å². The van der Waals surface area contributed by atoms with Crippen molar-refractivity contribution < 1.29 is 71.6 Å². The monoisotopic (exact) mass is 1360 g/mol. The van der Waals surface area contributed by atoms with Gasteiger partial charge in [-0.3, -0.25) is 38.4 Å². The van der Waals surface area contributed by atoms with Crippen LogP contribution < -0.4 is 16.4 Å². The Morgan fingerprint density at radius 1 is 0.520 bits per heavy atom. The van der Waals surface area contributed by atoms with Crippen molar-refractivity contribution >= 4 is 71.7 Å². The van der Waals surface area contributed by atoms with Gasteiger partial charge in [0.05, 0.1) is 0 Å². The number of likely N-dealkylation sites (tertiary alicyclic amines) is 2. The number of hydrogen-bond donors (Lipinski definition) is 3. The highest BCUT2D eigenvalue weighted by atomic mass is 16.6. The smallest absolute Gasteiger partial charge is 0.415 e. The first-order valence-electron chi connectivity index (χ1n) is 34.8. The number of esters is 5. The molecule has 20 nitrogen and oxygen atoms in total. The van der Waals surface area contributed by atoms with Crippen molar-refractivity contribution in [3.8, 4) is 0 Å². The molecule has 0 saturated carbocycles. The molecule has 3 fully saturated rings. The van der Waals surface area contributed by atoms with Crippen LogP contribution in [0, 0.1) is 17.8 Å². The molecule has 0 radical (unpaired) electrons. The molecule has 4 aromatic rings. The molecule has 0 unspecified atom stereocenters. The molecule has 20 heteroatoms. The number of ether oxygens (including phenoxy) is 5. The number of ketones is 3. The molecule has 536 valence electrons. The number of nitrogens with two attached hydrogens (primary N) is 1. The molecule has 0 spiro atoms. The first-order chi connectivity index (χ1) is 47.2. The van der Waals surface area contributed by atoms with Crippen LogP contribution in [0.4, 0.5) is 4.79 Å². The SMILES string of the molecule is C=Cc1ccc(COC(=O)CC[C@@H]2NC(=O)OC2=O)cc1.C=Cc1ccc(COC(=O)CC[C@H](CC)C(C)=O)cc1.CC[C@@H](CCC(=O)OCc1ccc(C=O)cc1)C(C)=O.CC[C@@H](CCC(=O)OCc1ccc(CNCCN2CCCCC2)cc1)C(C)=O.NCCN1CCCCC1. The Morgan fingerprint density at radius 2 is 0.857 bits per heavy atom. The summed E-state index contributed by atoms with van der Waals surface area (Å²) >= 11 is 0. The van der Waals surface area contributed by atoms with Crippen LogP contribution >= 0.6 is 0 Å². The Kier molecular flexibility index (Phi) is 42.9. The van der Waals surface area contributed by atoms with Crippen LogP contribution in [0.25, 0.3) is 12.2 Å². The average molecular weight is 1360 g/mol. The van der Waals surface area contributed by atoms with Crippen molar-refractivity contribution in [2.75, 3.05) is 52.4 Å². The third-order valence-corrected chi connectivity index (χ3v) is 17.1. The van der Waals surface area contributed by atoms with Gasteiger partial charge in [-0.2, -0.15) is 0 Å². The van der Waals surface area contributed by atoms with Crippen molar-refractivity contribution in [3.05, 3.63) is 155 Å². The fourth-order valence-electron chi connectivity index (χ4n) is 10.7. The maximum atomic E-state index is 11.9.